The van der Waals surface area contributed by atoms with Gasteiger partial charge in [0.2, 0.25) is 5.91 Å². The number of hydrogen-bond acceptors (Lipinski definition) is 4. The number of imidazole rings is 1. The van der Waals surface area contributed by atoms with Crippen molar-refractivity contribution in [3.8, 4) is 0 Å². The molecule has 1 aliphatic rings. The van der Waals surface area contributed by atoms with E-state index in [1.165, 1.54) is 0 Å². The molecular formula is C20H22N6O2. The molecule has 8 nitrogen and oxygen atoms in total. The monoisotopic (exact) mass is 378 g/mol. The van der Waals surface area contributed by atoms with E-state index in [4.69, 9.17) is 0 Å². The van der Waals surface area contributed by atoms with Crippen LogP contribution >= 0.6 is 0 Å². The first-order chi connectivity index (χ1) is 13.5. The molecule has 0 fully saturated rings. The maximum absolute atomic E-state index is 12.9. The molecule has 0 aliphatic carbocycles. The highest BCUT2D eigenvalue weighted by Gasteiger charge is 2.28. The largest absolute Gasteiger partial charge is 0.333 e. The summed E-state index contributed by atoms with van der Waals surface area (Å²) in [6.07, 6.45) is 3.51. The van der Waals surface area contributed by atoms with Gasteiger partial charge in [-0.05, 0) is 32.0 Å². The van der Waals surface area contributed by atoms with Crippen LogP contribution < -0.4 is 5.32 Å². The fraction of sp³-hybridized carbons (Fsp3) is 0.300. The zero-order chi connectivity index (χ0) is 19.7. The molecule has 0 radical (unpaired) electrons. The highest BCUT2D eigenvalue weighted by molar-refractivity contribution is 6.02. The normalized spacial score (nSPS) is 14.4. The lowest BCUT2D eigenvalue weighted by Gasteiger charge is -2.30. The van der Waals surface area contributed by atoms with Gasteiger partial charge in [-0.25, -0.2) is 4.98 Å². The van der Waals surface area contributed by atoms with Crippen molar-refractivity contribution in [2.24, 2.45) is 0 Å². The van der Waals surface area contributed by atoms with E-state index in [0.29, 0.717) is 25.3 Å². The van der Waals surface area contributed by atoms with Gasteiger partial charge < -0.3 is 14.8 Å². The lowest BCUT2D eigenvalue weighted by Crippen LogP contribution is -2.41. The molecule has 0 bridgehead atoms. The average molecular weight is 378 g/mol. The molecule has 0 unspecified atom stereocenters. The number of nitrogens with zero attached hydrogens (tertiary/aromatic N) is 5. The molecule has 3 heterocycles. The fourth-order valence-electron chi connectivity index (χ4n) is 3.46. The second-order valence-electron chi connectivity index (χ2n) is 6.88. The molecular weight excluding hydrogens is 356 g/mol. The van der Waals surface area contributed by atoms with Gasteiger partial charge >= 0.3 is 0 Å². The molecule has 0 saturated carbocycles. The molecule has 3 aromatic rings. The number of carbonyl (C=O) groups is 2. The van der Waals surface area contributed by atoms with Crippen LogP contribution in [0.1, 0.15) is 35.0 Å². The first-order valence-corrected chi connectivity index (χ1v) is 9.24. The van der Waals surface area contributed by atoms with Crippen molar-refractivity contribution in [2.75, 3.05) is 11.9 Å². The van der Waals surface area contributed by atoms with Crippen molar-refractivity contribution in [3.05, 3.63) is 66.0 Å². The molecule has 0 spiro atoms. The first kappa shape index (κ1) is 18.0. The number of rotatable bonds is 4. The zero-order valence-electron chi connectivity index (χ0n) is 15.9. The van der Waals surface area contributed by atoms with E-state index in [9.17, 15) is 9.59 Å². The van der Waals surface area contributed by atoms with Gasteiger partial charge in [0.15, 0.2) is 5.69 Å². The van der Waals surface area contributed by atoms with Crippen LogP contribution in [0.4, 0.5) is 5.69 Å². The third kappa shape index (κ3) is 3.40. The second-order valence-corrected chi connectivity index (χ2v) is 6.88. The maximum atomic E-state index is 12.9. The Bertz CT molecular complexity index is 1010. The predicted molar refractivity (Wildman–Crippen MR) is 104 cm³/mol. The second kappa shape index (κ2) is 7.30. The van der Waals surface area contributed by atoms with Crippen LogP contribution in [0.2, 0.25) is 0 Å². The van der Waals surface area contributed by atoms with E-state index in [-0.39, 0.29) is 17.9 Å². The van der Waals surface area contributed by atoms with Crippen molar-refractivity contribution in [1.82, 2.24) is 24.2 Å². The number of para-hydroxylation sites is 1. The number of fused-ring (bicyclic) bond motifs is 1. The highest BCUT2D eigenvalue weighted by Crippen LogP contribution is 2.19. The standard InChI is InChI=1S/C20H22N6O2/c1-14(25-9-8-21-15(25)2)20(28)24-10-11-26-17(13-24)12-18(23-26)19(27)22-16-6-4-3-5-7-16/h3-9,12,14H,10-11,13H2,1-2H3,(H,22,27)/t14-/m1/s1. The number of amides is 2. The summed E-state index contributed by atoms with van der Waals surface area (Å²) in [5, 5.41) is 7.24. The molecule has 4 rings (SSSR count). The number of anilines is 1. The fourth-order valence-corrected chi connectivity index (χ4v) is 3.46. The predicted octanol–water partition coefficient (Wildman–Crippen LogP) is 2.24. The summed E-state index contributed by atoms with van der Waals surface area (Å²) in [5.74, 6) is 0.583. The van der Waals surface area contributed by atoms with Crippen LogP contribution in [0.5, 0.6) is 0 Å². The number of aromatic nitrogens is 4. The lowest BCUT2D eigenvalue weighted by molar-refractivity contribution is -0.135. The number of nitrogens with one attached hydrogen (secondary N) is 1. The topological polar surface area (TPSA) is 85.1 Å². The Morgan fingerprint density at radius 3 is 2.68 bits per heavy atom. The van der Waals surface area contributed by atoms with Crippen molar-refractivity contribution in [2.45, 2.75) is 33.0 Å². The Morgan fingerprint density at radius 1 is 1.18 bits per heavy atom. The van der Waals surface area contributed by atoms with Gasteiger partial charge in [0.05, 0.1) is 18.8 Å². The van der Waals surface area contributed by atoms with Crippen LogP contribution in [0.15, 0.2) is 48.8 Å². The van der Waals surface area contributed by atoms with Crippen LogP contribution in [0.3, 0.4) is 0 Å². The van der Waals surface area contributed by atoms with Crippen LogP contribution in [-0.4, -0.2) is 42.6 Å². The minimum Gasteiger partial charge on any atom is -0.333 e. The molecule has 0 saturated heterocycles. The highest BCUT2D eigenvalue weighted by atomic mass is 16.2. The van der Waals surface area contributed by atoms with Gasteiger partial charge in [-0.3, -0.25) is 14.3 Å². The molecule has 1 N–H and O–H groups in total. The maximum Gasteiger partial charge on any atom is 0.276 e. The Labute approximate surface area is 162 Å². The summed E-state index contributed by atoms with van der Waals surface area (Å²) in [7, 11) is 0. The zero-order valence-corrected chi connectivity index (χ0v) is 15.9. The number of benzene rings is 1. The summed E-state index contributed by atoms with van der Waals surface area (Å²) in [4.78, 5) is 31.4. The van der Waals surface area contributed by atoms with E-state index < -0.39 is 0 Å². The van der Waals surface area contributed by atoms with Gasteiger partial charge in [-0.15, -0.1) is 0 Å². The molecule has 1 aromatic carbocycles. The Balaban J connectivity index is 1.46. The lowest BCUT2D eigenvalue weighted by atomic mass is 10.2. The van der Waals surface area contributed by atoms with Crippen molar-refractivity contribution in [3.63, 3.8) is 0 Å². The Kier molecular flexibility index (Phi) is 4.68. The van der Waals surface area contributed by atoms with Crippen molar-refractivity contribution >= 4 is 17.5 Å². The van der Waals surface area contributed by atoms with E-state index in [1.54, 1.807) is 21.8 Å². The third-order valence-electron chi connectivity index (χ3n) is 5.01. The molecule has 1 aliphatic heterocycles. The van der Waals surface area contributed by atoms with Gasteiger partial charge in [0.1, 0.15) is 11.9 Å². The molecule has 144 valence electrons. The van der Waals surface area contributed by atoms with E-state index in [2.05, 4.69) is 15.4 Å². The summed E-state index contributed by atoms with van der Waals surface area (Å²) in [6.45, 7) is 5.32. The Morgan fingerprint density at radius 2 is 1.96 bits per heavy atom. The number of carbonyl (C=O) groups excluding carboxylic acids is 2. The van der Waals surface area contributed by atoms with Gasteiger partial charge in [-0.1, -0.05) is 18.2 Å². The molecule has 8 heteroatoms. The summed E-state index contributed by atoms with van der Waals surface area (Å²) < 4.78 is 3.67. The summed E-state index contributed by atoms with van der Waals surface area (Å²) >= 11 is 0. The first-order valence-electron chi connectivity index (χ1n) is 9.24. The minimum atomic E-state index is -0.321. The van der Waals surface area contributed by atoms with E-state index >= 15 is 0 Å². The van der Waals surface area contributed by atoms with Crippen molar-refractivity contribution < 1.29 is 9.59 Å². The number of aryl methyl sites for hydroxylation is 1. The molecule has 1 atom stereocenters. The van der Waals surface area contributed by atoms with Crippen molar-refractivity contribution in [1.29, 1.82) is 0 Å². The van der Waals surface area contributed by atoms with Gasteiger partial charge in [0.25, 0.3) is 5.91 Å². The summed E-state index contributed by atoms with van der Waals surface area (Å²) in [6, 6.07) is 10.7. The van der Waals surface area contributed by atoms with E-state index in [0.717, 1.165) is 17.2 Å². The summed E-state index contributed by atoms with van der Waals surface area (Å²) in [5.41, 5.74) is 1.93. The minimum absolute atomic E-state index is 0.0313. The molecule has 28 heavy (non-hydrogen) atoms. The van der Waals surface area contributed by atoms with Crippen LogP contribution in [0.25, 0.3) is 0 Å². The van der Waals surface area contributed by atoms with Gasteiger partial charge in [-0.2, -0.15) is 5.10 Å². The average Bonchev–Trinajstić information content (AvgIpc) is 3.33. The van der Waals surface area contributed by atoms with Gasteiger partial charge in [0, 0.05) is 24.6 Å². The third-order valence-corrected chi connectivity index (χ3v) is 5.01. The van der Waals surface area contributed by atoms with E-state index in [1.807, 2.05) is 54.9 Å². The molecule has 2 amide bonds. The quantitative estimate of drug-likeness (QED) is 0.755. The van der Waals surface area contributed by atoms with Crippen LogP contribution in [0, 0.1) is 6.92 Å². The smallest absolute Gasteiger partial charge is 0.276 e. The SMILES string of the molecule is Cc1nccn1[C@H](C)C(=O)N1CCn2nc(C(=O)Nc3ccccc3)cc2C1. The molecule has 2 aromatic heterocycles. The number of hydrogen-bond donors (Lipinski definition) is 1. The van der Waals surface area contributed by atoms with Crippen LogP contribution in [-0.2, 0) is 17.9 Å². The Hall–Kier alpha value is -3.42.